The fourth-order valence-electron chi connectivity index (χ4n) is 2.43. The Morgan fingerprint density at radius 2 is 1.71 bits per heavy atom. The number of benzene rings is 2. The molecule has 2 N–H and O–H groups in total. The van der Waals surface area contributed by atoms with Gasteiger partial charge in [0.1, 0.15) is 5.75 Å². The van der Waals surface area contributed by atoms with E-state index in [0.717, 1.165) is 22.6 Å². The molecule has 1 heterocycles. The highest BCUT2D eigenvalue weighted by atomic mass is 32.1. The van der Waals surface area contributed by atoms with Crippen molar-refractivity contribution in [2.24, 2.45) is 0 Å². The van der Waals surface area contributed by atoms with E-state index in [2.05, 4.69) is 28.8 Å². The molecule has 0 saturated heterocycles. The summed E-state index contributed by atoms with van der Waals surface area (Å²) in [5, 5.41) is 7.10. The molecule has 2 aromatic rings. The number of nitrogens with one attached hydrogen (secondary N) is 2. The summed E-state index contributed by atoms with van der Waals surface area (Å²) in [4.78, 5) is 0. The fraction of sp³-hybridized carbons (Fsp3) is 0.118. The van der Waals surface area contributed by atoms with Gasteiger partial charge in [0.2, 0.25) is 0 Å². The van der Waals surface area contributed by atoms with Crippen LogP contribution in [0.15, 0.2) is 60.7 Å². The standard InChI is InChI=1S/C17H16N2OS/c1-20-16-10-6-5-9-13(16)15-11-14(18-17(21)19-15)12-7-3-2-4-8-12/h2-11,15H,1H3,(H2,18,19,21). The van der Waals surface area contributed by atoms with E-state index in [-0.39, 0.29) is 6.04 Å². The molecule has 3 nitrogen and oxygen atoms in total. The van der Waals surface area contributed by atoms with Crippen molar-refractivity contribution in [3.05, 3.63) is 71.8 Å². The third-order valence-corrected chi connectivity index (χ3v) is 3.65. The number of thiocarbonyl (C=S) groups is 1. The van der Waals surface area contributed by atoms with Crippen molar-refractivity contribution >= 4 is 23.0 Å². The van der Waals surface area contributed by atoms with Crippen molar-refractivity contribution in [1.29, 1.82) is 0 Å². The number of hydrogen-bond donors (Lipinski definition) is 2. The molecule has 0 saturated carbocycles. The maximum absolute atomic E-state index is 5.44. The Kier molecular flexibility index (Phi) is 3.88. The molecule has 4 heteroatoms. The Balaban J connectivity index is 2.01. The molecule has 0 bridgehead atoms. The van der Waals surface area contributed by atoms with Gasteiger partial charge in [-0.2, -0.15) is 0 Å². The van der Waals surface area contributed by atoms with Gasteiger partial charge in [0, 0.05) is 11.3 Å². The van der Waals surface area contributed by atoms with Gasteiger partial charge in [-0.3, -0.25) is 0 Å². The lowest BCUT2D eigenvalue weighted by Gasteiger charge is -2.27. The van der Waals surface area contributed by atoms with Gasteiger partial charge in [0.25, 0.3) is 0 Å². The summed E-state index contributed by atoms with van der Waals surface area (Å²) in [6, 6.07) is 18.1. The molecule has 0 radical (unpaired) electrons. The Bertz CT molecular complexity index is 682. The molecule has 21 heavy (non-hydrogen) atoms. The highest BCUT2D eigenvalue weighted by Crippen LogP contribution is 2.29. The van der Waals surface area contributed by atoms with Crippen LogP contribution in [0.5, 0.6) is 5.75 Å². The van der Waals surface area contributed by atoms with Gasteiger partial charge in [0.15, 0.2) is 5.11 Å². The van der Waals surface area contributed by atoms with E-state index < -0.39 is 0 Å². The second-order valence-electron chi connectivity index (χ2n) is 4.76. The molecular weight excluding hydrogens is 280 g/mol. The predicted octanol–water partition coefficient (Wildman–Crippen LogP) is 3.26. The number of rotatable bonds is 3. The molecule has 0 aromatic heterocycles. The average Bonchev–Trinajstić information content (AvgIpc) is 2.55. The lowest BCUT2D eigenvalue weighted by atomic mass is 10.0. The topological polar surface area (TPSA) is 33.3 Å². The van der Waals surface area contributed by atoms with E-state index in [0.29, 0.717) is 5.11 Å². The van der Waals surface area contributed by atoms with Crippen LogP contribution >= 0.6 is 12.2 Å². The zero-order valence-electron chi connectivity index (χ0n) is 11.7. The van der Waals surface area contributed by atoms with E-state index in [9.17, 15) is 0 Å². The van der Waals surface area contributed by atoms with Crippen LogP contribution in [0.2, 0.25) is 0 Å². The summed E-state index contributed by atoms with van der Waals surface area (Å²) in [5.41, 5.74) is 3.19. The SMILES string of the molecule is COc1ccccc1C1C=C(c2ccccc2)NC(=S)N1. The first kappa shape index (κ1) is 13.6. The Labute approximate surface area is 129 Å². The summed E-state index contributed by atoms with van der Waals surface area (Å²) in [5.74, 6) is 0.850. The van der Waals surface area contributed by atoms with E-state index in [1.54, 1.807) is 7.11 Å². The molecule has 1 aliphatic rings. The highest BCUT2D eigenvalue weighted by molar-refractivity contribution is 7.80. The van der Waals surface area contributed by atoms with Crippen LogP contribution in [0, 0.1) is 0 Å². The van der Waals surface area contributed by atoms with Crippen LogP contribution in [-0.4, -0.2) is 12.2 Å². The number of hydrogen-bond acceptors (Lipinski definition) is 2. The maximum Gasteiger partial charge on any atom is 0.171 e. The molecule has 106 valence electrons. The normalized spacial score (nSPS) is 17.5. The van der Waals surface area contributed by atoms with Crippen LogP contribution in [0.1, 0.15) is 17.2 Å². The third kappa shape index (κ3) is 2.90. The summed E-state index contributed by atoms with van der Waals surface area (Å²) in [7, 11) is 1.68. The lowest BCUT2D eigenvalue weighted by molar-refractivity contribution is 0.407. The smallest absolute Gasteiger partial charge is 0.171 e. The molecule has 0 spiro atoms. The molecule has 3 rings (SSSR count). The Hall–Kier alpha value is -2.33. The molecular formula is C17H16N2OS. The van der Waals surface area contributed by atoms with Gasteiger partial charge in [-0.25, -0.2) is 0 Å². The quantitative estimate of drug-likeness (QED) is 0.852. The molecule has 1 atom stereocenters. The first-order valence-corrected chi connectivity index (χ1v) is 7.16. The van der Waals surface area contributed by atoms with E-state index >= 15 is 0 Å². The summed E-state index contributed by atoms with van der Waals surface area (Å²) < 4.78 is 5.44. The zero-order chi connectivity index (χ0) is 14.7. The minimum atomic E-state index is -0.00916. The first-order chi connectivity index (χ1) is 10.3. The maximum atomic E-state index is 5.44. The van der Waals surface area contributed by atoms with Crippen molar-refractivity contribution < 1.29 is 4.74 Å². The van der Waals surface area contributed by atoms with Gasteiger partial charge in [-0.1, -0.05) is 48.5 Å². The highest BCUT2D eigenvalue weighted by Gasteiger charge is 2.20. The predicted molar refractivity (Wildman–Crippen MR) is 89.0 cm³/mol. The minimum Gasteiger partial charge on any atom is -0.496 e. The van der Waals surface area contributed by atoms with Gasteiger partial charge in [-0.15, -0.1) is 0 Å². The van der Waals surface area contributed by atoms with Crippen molar-refractivity contribution in [3.8, 4) is 5.75 Å². The average molecular weight is 296 g/mol. The molecule has 0 fully saturated rings. The summed E-state index contributed by atoms with van der Waals surface area (Å²) >= 11 is 5.34. The Morgan fingerprint density at radius 3 is 2.48 bits per heavy atom. The molecule has 1 unspecified atom stereocenters. The van der Waals surface area contributed by atoms with Crippen molar-refractivity contribution in [2.75, 3.05) is 7.11 Å². The number of ether oxygens (including phenoxy) is 1. The number of para-hydroxylation sites is 1. The third-order valence-electron chi connectivity index (χ3n) is 3.43. The second kappa shape index (κ2) is 5.97. The monoisotopic (exact) mass is 296 g/mol. The fourth-order valence-corrected chi connectivity index (χ4v) is 2.66. The van der Waals surface area contributed by atoms with Crippen LogP contribution in [0.25, 0.3) is 5.70 Å². The number of methoxy groups -OCH3 is 1. The molecule has 1 aliphatic heterocycles. The zero-order valence-corrected chi connectivity index (χ0v) is 12.5. The van der Waals surface area contributed by atoms with E-state index in [1.165, 1.54) is 0 Å². The largest absolute Gasteiger partial charge is 0.496 e. The minimum absolute atomic E-state index is 0.00916. The molecule has 0 aliphatic carbocycles. The summed E-state index contributed by atoms with van der Waals surface area (Å²) in [6.07, 6.45) is 2.13. The molecule has 2 aromatic carbocycles. The van der Waals surface area contributed by atoms with Crippen molar-refractivity contribution in [2.45, 2.75) is 6.04 Å². The second-order valence-corrected chi connectivity index (χ2v) is 5.17. The van der Waals surface area contributed by atoms with Crippen LogP contribution in [-0.2, 0) is 0 Å². The van der Waals surface area contributed by atoms with Gasteiger partial charge in [0.05, 0.1) is 13.2 Å². The van der Waals surface area contributed by atoms with Crippen LogP contribution < -0.4 is 15.4 Å². The van der Waals surface area contributed by atoms with Gasteiger partial charge in [-0.05, 0) is 29.9 Å². The molecule has 0 amide bonds. The van der Waals surface area contributed by atoms with E-state index in [4.69, 9.17) is 17.0 Å². The van der Waals surface area contributed by atoms with Crippen molar-refractivity contribution in [3.63, 3.8) is 0 Å². The van der Waals surface area contributed by atoms with Crippen LogP contribution in [0.3, 0.4) is 0 Å². The van der Waals surface area contributed by atoms with Crippen molar-refractivity contribution in [1.82, 2.24) is 10.6 Å². The van der Waals surface area contributed by atoms with Crippen LogP contribution in [0.4, 0.5) is 0 Å². The Morgan fingerprint density at radius 1 is 1.00 bits per heavy atom. The van der Waals surface area contributed by atoms with Gasteiger partial charge >= 0.3 is 0 Å². The van der Waals surface area contributed by atoms with E-state index in [1.807, 2.05) is 42.5 Å². The van der Waals surface area contributed by atoms with Gasteiger partial charge < -0.3 is 15.4 Å². The lowest BCUT2D eigenvalue weighted by Crippen LogP contribution is -2.40. The first-order valence-electron chi connectivity index (χ1n) is 6.75. The summed E-state index contributed by atoms with van der Waals surface area (Å²) in [6.45, 7) is 0.